The summed E-state index contributed by atoms with van der Waals surface area (Å²) in [6.07, 6.45) is 3.23. The van der Waals surface area contributed by atoms with Crippen molar-refractivity contribution in [3.8, 4) is 11.3 Å². The molecule has 2 N–H and O–H groups in total. The molecule has 5 aromatic rings. The molecule has 0 bridgehead atoms. The van der Waals surface area contributed by atoms with Crippen molar-refractivity contribution in [2.45, 2.75) is 19.7 Å². The maximum absolute atomic E-state index is 14.1. The number of anilines is 1. The van der Waals surface area contributed by atoms with Crippen LogP contribution >= 0.6 is 11.6 Å². The van der Waals surface area contributed by atoms with Crippen LogP contribution in [0.1, 0.15) is 11.1 Å². The number of aliphatic hydroxyl groups excluding tert-OH is 1. The summed E-state index contributed by atoms with van der Waals surface area (Å²) in [6, 6.07) is 16.8. The highest BCUT2D eigenvalue weighted by Gasteiger charge is 2.22. The number of nitrogens with one attached hydrogen (secondary N) is 1. The molecule has 1 amide bonds. The minimum Gasteiger partial charge on any atom is -0.392 e. The average molecular weight is 491 g/mol. The van der Waals surface area contributed by atoms with Gasteiger partial charge >= 0.3 is 0 Å². The van der Waals surface area contributed by atoms with Crippen LogP contribution < -0.4 is 4.90 Å². The van der Waals surface area contributed by atoms with E-state index >= 15 is 0 Å². The van der Waals surface area contributed by atoms with Crippen LogP contribution in [0, 0.1) is 5.82 Å². The number of amides is 1. The van der Waals surface area contributed by atoms with E-state index in [1.54, 1.807) is 30.7 Å². The molecule has 3 aromatic carbocycles. The predicted molar refractivity (Wildman–Crippen MR) is 130 cm³/mol. The predicted octanol–water partition coefficient (Wildman–Crippen LogP) is 4.34. The van der Waals surface area contributed by atoms with Crippen molar-refractivity contribution in [2.75, 3.05) is 4.90 Å². The smallest absolute Gasteiger partial charge is 0.249 e. The molecule has 176 valence electrons. The lowest BCUT2D eigenvalue weighted by atomic mass is 10.0. The van der Waals surface area contributed by atoms with Gasteiger partial charge in [-0.1, -0.05) is 35.0 Å². The standard InChI is InChI=1S/C25H20ClFN6O2/c26-19-7-16(8-20(27)10-19)12-32(25(35)13-33-24-4-2-1-3-21(24)30-31-33)23-6-5-17(9-18(23)14-34)22-11-28-15-29-22/h1-11,15,34H,12-14H2,(H,28,29). The summed E-state index contributed by atoms with van der Waals surface area (Å²) in [7, 11) is 0. The van der Waals surface area contributed by atoms with E-state index in [0.717, 1.165) is 11.3 Å². The molecule has 0 spiro atoms. The van der Waals surface area contributed by atoms with Crippen molar-refractivity contribution >= 4 is 34.2 Å². The lowest BCUT2D eigenvalue weighted by Gasteiger charge is -2.26. The summed E-state index contributed by atoms with van der Waals surface area (Å²) in [4.78, 5) is 22.2. The van der Waals surface area contributed by atoms with Gasteiger partial charge in [-0.25, -0.2) is 14.1 Å². The molecular formula is C25H20ClFN6O2. The molecule has 5 rings (SSSR count). The van der Waals surface area contributed by atoms with E-state index in [9.17, 15) is 14.3 Å². The van der Waals surface area contributed by atoms with E-state index in [1.807, 2.05) is 30.3 Å². The zero-order valence-electron chi connectivity index (χ0n) is 18.4. The molecule has 0 saturated carbocycles. The van der Waals surface area contributed by atoms with Crippen molar-refractivity contribution in [2.24, 2.45) is 0 Å². The molecule has 2 aromatic heterocycles. The van der Waals surface area contributed by atoms with E-state index in [0.29, 0.717) is 27.8 Å². The van der Waals surface area contributed by atoms with Crippen molar-refractivity contribution in [1.82, 2.24) is 25.0 Å². The van der Waals surface area contributed by atoms with Gasteiger partial charge in [-0.3, -0.25) is 4.79 Å². The molecule has 0 aliphatic rings. The largest absolute Gasteiger partial charge is 0.392 e. The Morgan fingerprint density at radius 1 is 1.14 bits per heavy atom. The first kappa shape index (κ1) is 22.7. The first-order valence-electron chi connectivity index (χ1n) is 10.8. The Hall–Kier alpha value is -4.08. The maximum Gasteiger partial charge on any atom is 0.249 e. The van der Waals surface area contributed by atoms with Crippen molar-refractivity contribution < 1.29 is 14.3 Å². The molecule has 35 heavy (non-hydrogen) atoms. The SMILES string of the molecule is O=C(Cn1nnc2ccccc21)N(Cc1cc(F)cc(Cl)c1)c1ccc(-c2cnc[nH]2)cc1CO. The normalized spacial score (nSPS) is 11.2. The Kier molecular flexibility index (Phi) is 6.26. The van der Waals surface area contributed by atoms with E-state index in [-0.39, 0.29) is 30.6 Å². The minimum absolute atomic E-state index is 0.0410. The first-order chi connectivity index (χ1) is 17.0. The van der Waals surface area contributed by atoms with Crippen LogP contribution in [-0.4, -0.2) is 36.0 Å². The molecule has 0 aliphatic heterocycles. The van der Waals surface area contributed by atoms with Crippen molar-refractivity contribution in [1.29, 1.82) is 0 Å². The van der Waals surface area contributed by atoms with Gasteiger partial charge in [0.1, 0.15) is 17.9 Å². The summed E-state index contributed by atoms with van der Waals surface area (Å²) in [5.74, 6) is -0.816. The Morgan fingerprint density at radius 2 is 2.00 bits per heavy atom. The summed E-state index contributed by atoms with van der Waals surface area (Å²) in [5.41, 5.74) is 4.49. The lowest BCUT2D eigenvalue weighted by molar-refractivity contribution is -0.119. The van der Waals surface area contributed by atoms with Gasteiger partial charge in [0.05, 0.1) is 36.9 Å². The highest BCUT2D eigenvalue weighted by Crippen LogP contribution is 2.29. The summed E-state index contributed by atoms with van der Waals surface area (Å²) in [5, 5.41) is 18.6. The fourth-order valence-corrected chi connectivity index (χ4v) is 4.24. The van der Waals surface area contributed by atoms with E-state index < -0.39 is 5.82 Å². The van der Waals surface area contributed by atoms with Gasteiger partial charge in [-0.15, -0.1) is 5.10 Å². The number of fused-ring (bicyclic) bond motifs is 1. The number of hydrogen-bond donors (Lipinski definition) is 2. The quantitative estimate of drug-likeness (QED) is 0.353. The van der Waals surface area contributed by atoms with Gasteiger partial charge in [-0.2, -0.15) is 0 Å². The number of nitrogens with zero attached hydrogens (tertiary/aromatic N) is 5. The molecular weight excluding hydrogens is 471 g/mol. The first-order valence-corrected chi connectivity index (χ1v) is 11.2. The Labute approximate surface area is 204 Å². The zero-order valence-corrected chi connectivity index (χ0v) is 19.2. The highest BCUT2D eigenvalue weighted by atomic mass is 35.5. The number of aromatic amines is 1. The number of benzene rings is 3. The molecule has 0 fully saturated rings. The second-order valence-corrected chi connectivity index (χ2v) is 8.40. The fraction of sp³-hybridized carbons (Fsp3) is 0.120. The Balaban J connectivity index is 1.54. The van der Waals surface area contributed by atoms with Gasteiger partial charge in [0, 0.05) is 21.8 Å². The third kappa shape index (κ3) is 4.77. The van der Waals surface area contributed by atoms with Crippen LogP contribution in [0.25, 0.3) is 22.3 Å². The average Bonchev–Trinajstić information content (AvgIpc) is 3.52. The minimum atomic E-state index is -0.501. The van der Waals surface area contributed by atoms with E-state index in [4.69, 9.17) is 11.6 Å². The molecule has 0 radical (unpaired) electrons. The molecule has 0 saturated heterocycles. The van der Waals surface area contributed by atoms with E-state index in [2.05, 4.69) is 20.3 Å². The summed E-state index contributed by atoms with van der Waals surface area (Å²) < 4.78 is 15.6. The number of para-hydroxylation sites is 1. The van der Waals surface area contributed by atoms with Gasteiger partial charge in [-0.05, 0) is 48.0 Å². The van der Waals surface area contributed by atoms with Gasteiger partial charge in [0.2, 0.25) is 5.91 Å². The molecule has 2 heterocycles. The third-order valence-corrected chi connectivity index (χ3v) is 5.84. The monoisotopic (exact) mass is 490 g/mol. The molecule has 0 aliphatic carbocycles. The van der Waals surface area contributed by atoms with Crippen LogP contribution in [0.5, 0.6) is 0 Å². The number of aliphatic hydroxyl groups is 1. The van der Waals surface area contributed by atoms with Gasteiger partial charge < -0.3 is 15.0 Å². The van der Waals surface area contributed by atoms with Gasteiger partial charge in [0.15, 0.2) is 0 Å². The van der Waals surface area contributed by atoms with Crippen LogP contribution in [0.15, 0.2) is 73.2 Å². The maximum atomic E-state index is 14.1. The topological polar surface area (TPSA) is 99.9 Å². The highest BCUT2D eigenvalue weighted by molar-refractivity contribution is 6.30. The number of rotatable bonds is 7. The summed E-state index contributed by atoms with van der Waals surface area (Å²) >= 11 is 6.06. The zero-order chi connectivity index (χ0) is 24.4. The lowest BCUT2D eigenvalue weighted by Crippen LogP contribution is -2.34. The number of halogens is 2. The number of carbonyl (C=O) groups excluding carboxylic acids is 1. The molecule has 10 heteroatoms. The number of imidazole rings is 1. The number of hydrogen-bond acceptors (Lipinski definition) is 5. The van der Waals surface area contributed by atoms with Gasteiger partial charge in [0.25, 0.3) is 0 Å². The van der Waals surface area contributed by atoms with Crippen LogP contribution in [-0.2, 0) is 24.5 Å². The van der Waals surface area contributed by atoms with E-state index in [1.165, 1.54) is 21.7 Å². The number of H-pyrrole nitrogens is 1. The molecule has 0 atom stereocenters. The van der Waals surface area contributed by atoms with Crippen LogP contribution in [0.2, 0.25) is 5.02 Å². The Morgan fingerprint density at radius 3 is 2.77 bits per heavy atom. The fourth-order valence-electron chi connectivity index (χ4n) is 4.00. The Bertz CT molecular complexity index is 1480. The molecule has 8 nitrogen and oxygen atoms in total. The second kappa shape index (κ2) is 9.65. The number of aromatic nitrogens is 5. The van der Waals surface area contributed by atoms with Crippen LogP contribution in [0.3, 0.4) is 0 Å². The van der Waals surface area contributed by atoms with Crippen LogP contribution in [0.4, 0.5) is 10.1 Å². The summed E-state index contributed by atoms with van der Waals surface area (Å²) in [6.45, 7) is -0.368. The third-order valence-electron chi connectivity index (χ3n) is 5.62. The molecule has 0 unspecified atom stereocenters. The van der Waals surface area contributed by atoms with Crippen molar-refractivity contribution in [3.05, 3.63) is 95.2 Å². The number of carbonyl (C=O) groups is 1. The second-order valence-electron chi connectivity index (χ2n) is 7.96. The van der Waals surface area contributed by atoms with Crippen molar-refractivity contribution in [3.63, 3.8) is 0 Å².